The van der Waals surface area contributed by atoms with E-state index in [1.54, 1.807) is 0 Å². The fraction of sp³-hybridized carbons (Fsp3) is 0.308. The molecule has 0 saturated carbocycles. The van der Waals surface area contributed by atoms with E-state index in [1.165, 1.54) is 11.3 Å². The highest BCUT2D eigenvalue weighted by Gasteiger charge is 2.00. The van der Waals surface area contributed by atoms with E-state index in [1.807, 2.05) is 24.0 Å². The Labute approximate surface area is 90.6 Å². The van der Waals surface area contributed by atoms with Gasteiger partial charge in [0.1, 0.15) is 0 Å². The molecule has 2 aromatic rings. The summed E-state index contributed by atoms with van der Waals surface area (Å²) in [7, 11) is 0. The quantitative estimate of drug-likeness (QED) is 0.727. The van der Waals surface area contributed by atoms with E-state index in [0.29, 0.717) is 5.92 Å². The van der Waals surface area contributed by atoms with Gasteiger partial charge in [0, 0.05) is 11.9 Å². The van der Waals surface area contributed by atoms with Crippen molar-refractivity contribution in [1.29, 1.82) is 0 Å². The van der Waals surface area contributed by atoms with Gasteiger partial charge in [-0.1, -0.05) is 26.0 Å². The Balaban J connectivity index is 2.31. The van der Waals surface area contributed by atoms with Crippen molar-refractivity contribution in [3.8, 4) is 5.69 Å². The number of imidazole rings is 1. The first-order valence-corrected chi connectivity index (χ1v) is 5.28. The van der Waals surface area contributed by atoms with Gasteiger partial charge in [-0.05, 0) is 30.5 Å². The van der Waals surface area contributed by atoms with Gasteiger partial charge in [-0.15, -0.1) is 0 Å². The molecule has 0 aliphatic heterocycles. The summed E-state index contributed by atoms with van der Waals surface area (Å²) < 4.78 is 2.04. The average Bonchev–Trinajstić information content (AvgIpc) is 2.65. The van der Waals surface area contributed by atoms with Crippen molar-refractivity contribution >= 4 is 0 Å². The first-order chi connectivity index (χ1) is 7.16. The van der Waals surface area contributed by atoms with E-state index in [4.69, 9.17) is 0 Å². The van der Waals surface area contributed by atoms with E-state index in [9.17, 15) is 0 Å². The van der Waals surface area contributed by atoms with Crippen molar-refractivity contribution in [2.75, 3.05) is 0 Å². The summed E-state index contributed by atoms with van der Waals surface area (Å²) in [5, 5.41) is 0. The van der Waals surface area contributed by atoms with Crippen LogP contribution in [0.5, 0.6) is 0 Å². The highest BCUT2D eigenvalue weighted by atomic mass is 15.0. The summed E-state index contributed by atoms with van der Waals surface area (Å²) in [6, 6.07) is 8.62. The van der Waals surface area contributed by atoms with Crippen molar-refractivity contribution < 1.29 is 0 Å². The molecule has 0 atom stereocenters. The maximum Gasteiger partial charge on any atom is 0.0995 e. The number of hydrogen-bond acceptors (Lipinski definition) is 1. The second-order valence-electron chi connectivity index (χ2n) is 4.17. The molecule has 0 spiro atoms. The largest absolute Gasteiger partial charge is 0.306 e. The van der Waals surface area contributed by atoms with Crippen LogP contribution >= 0.6 is 0 Å². The lowest BCUT2D eigenvalue weighted by molar-refractivity contribution is 0.865. The molecule has 0 bridgehead atoms. The fourth-order valence-electron chi connectivity index (χ4n) is 1.59. The molecule has 1 heterocycles. The SMILES string of the molecule is Cc1cn(-c2ccc(C(C)C)cc2)cn1. The van der Waals surface area contributed by atoms with Gasteiger partial charge in [0.05, 0.1) is 12.0 Å². The van der Waals surface area contributed by atoms with Gasteiger partial charge in [-0.3, -0.25) is 0 Å². The van der Waals surface area contributed by atoms with E-state index in [0.717, 1.165) is 5.69 Å². The molecule has 2 rings (SSSR count). The molecule has 0 fully saturated rings. The van der Waals surface area contributed by atoms with Crippen molar-refractivity contribution in [3.05, 3.63) is 48.0 Å². The highest BCUT2D eigenvalue weighted by Crippen LogP contribution is 2.16. The summed E-state index contributed by atoms with van der Waals surface area (Å²) >= 11 is 0. The summed E-state index contributed by atoms with van der Waals surface area (Å²) in [5.41, 5.74) is 3.58. The number of hydrogen-bond donors (Lipinski definition) is 0. The predicted octanol–water partition coefficient (Wildman–Crippen LogP) is 3.30. The Hall–Kier alpha value is -1.57. The molecule has 0 amide bonds. The molecule has 0 radical (unpaired) electrons. The predicted molar refractivity (Wildman–Crippen MR) is 62.4 cm³/mol. The minimum atomic E-state index is 0.587. The first-order valence-electron chi connectivity index (χ1n) is 5.28. The molecule has 0 aliphatic carbocycles. The minimum Gasteiger partial charge on any atom is -0.306 e. The summed E-state index contributed by atoms with van der Waals surface area (Å²) in [5.74, 6) is 0.587. The Morgan fingerprint density at radius 3 is 2.27 bits per heavy atom. The van der Waals surface area contributed by atoms with Crippen molar-refractivity contribution in [2.24, 2.45) is 0 Å². The van der Waals surface area contributed by atoms with Crippen LogP contribution in [0.4, 0.5) is 0 Å². The Bertz CT molecular complexity index is 438. The Kier molecular flexibility index (Phi) is 2.58. The third-order valence-corrected chi connectivity index (χ3v) is 2.57. The van der Waals surface area contributed by atoms with E-state index in [-0.39, 0.29) is 0 Å². The number of benzene rings is 1. The van der Waals surface area contributed by atoms with Gasteiger partial charge in [-0.25, -0.2) is 4.98 Å². The number of aromatic nitrogens is 2. The maximum atomic E-state index is 4.21. The molecule has 78 valence electrons. The molecule has 0 saturated heterocycles. The van der Waals surface area contributed by atoms with Crippen LogP contribution in [0, 0.1) is 6.92 Å². The summed E-state index contributed by atoms with van der Waals surface area (Å²) in [6.07, 6.45) is 3.88. The molecule has 1 aromatic heterocycles. The highest BCUT2D eigenvalue weighted by molar-refractivity contribution is 5.35. The van der Waals surface area contributed by atoms with Gasteiger partial charge < -0.3 is 4.57 Å². The van der Waals surface area contributed by atoms with Crippen LogP contribution in [-0.2, 0) is 0 Å². The third-order valence-electron chi connectivity index (χ3n) is 2.57. The van der Waals surface area contributed by atoms with Crippen molar-refractivity contribution in [3.63, 3.8) is 0 Å². The van der Waals surface area contributed by atoms with E-state index < -0.39 is 0 Å². The zero-order chi connectivity index (χ0) is 10.8. The zero-order valence-electron chi connectivity index (χ0n) is 9.44. The average molecular weight is 200 g/mol. The maximum absolute atomic E-state index is 4.21. The van der Waals surface area contributed by atoms with Gasteiger partial charge >= 0.3 is 0 Å². The fourth-order valence-corrected chi connectivity index (χ4v) is 1.59. The molecule has 0 N–H and O–H groups in total. The monoisotopic (exact) mass is 200 g/mol. The summed E-state index contributed by atoms with van der Waals surface area (Å²) in [6.45, 7) is 6.41. The lowest BCUT2D eigenvalue weighted by Crippen LogP contribution is -1.92. The molecule has 15 heavy (non-hydrogen) atoms. The third kappa shape index (κ3) is 2.09. The van der Waals surface area contributed by atoms with Crippen molar-refractivity contribution in [1.82, 2.24) is 9.55 Å². The van der Waals surface area contributed by atoms with Crippen LogP contribution in [0.15, 0.2) is 36.8 Å². The standard InChI is InChI=1S/C13H16N2/c1-10(2)12-4-6-13(7-5-12)15-8-11(3)14-9-15/h4-10H,1-3H3. The van der Waals surface area contributed by atoms with Crippen molar-refractivity contribution in [2.45, 2.75) is 26.7 Å². The second-order valence-corrected chi connectivity index (χ2v) is 4.17. The molecular weight excluding hydrogens is 184 g/mol. The molecular formula is C13H16N2. The first kappa shape index (κ1) is 9.97. The Morgan fingerprint density at radius 1 is 1.13 bits per heavy atom. The number of aryl methyl sites for hydroxylation is 1. The topological polar surface area (TPSA) is 17.8 Å². The molecule has 0 unspecified atom stereocenters. The van der Waals surface area contributed by atoms with Crippen LogP contribution in [0.25, 0.3) is 5.69 Å². The van der Waals surface area contributed by atoms with Gasteiger partial charge in [0.15, 0.2) is 0 Å². The van der Waals surface area contributed by atoms with Crippen LogP contribution < -0.4 is 0 Å². The molecule has 2 nitrogen and oxygen atoms in total. The van der Waals surface area contributed by atoms with Gasteiger partial charge in [-0.2, -0.15) is 0 Å². The lowest BCUT2D eigenvalue weighted by atomic mass is 10.0. The van der Waals surface area contributed by atoms with Crippen LogP contribution in [0.2, 0.25) is 0 Å². The van der Waals surface area contributed by atoms with E-state index in [2.05, 4.69) is 43.1 Å². The minimum absolute atomic E-state index is 0.587. The van der Waals surface area contributed by atoms with Crippen LogP contribution in [-0.4, -0.2) is 9.55 Å². The smallest absolute Gasteiger partial charge is 0.0995 e. The zero-order valence-corrected chi connectivity index (χ0v) is 9.44. The van der Waals surface area contributed by atoms with Crippen LogP contribution in [0.1, 0.15) is 31.0 Å². The molecule has 2 heteroatoms. The van der Waals surface area contributed by atoms with Crippen LogP contribution in [0.3, 0.4) is 0 Å². The molecule has 0 aliphatic rings. The number of nitrogens with zero attached hydrogens (tertiary/aromatic N) is 2. The lowest BCUT2D eigenvalue weighted by Gasteiger charge is -2.07. The second kappa shape index (κ2) is 3.89. The van der Waals surface area contributed by atoms with Gasteiger partial charge in [0.25, 0.3) is 0 Å². The number of rotatable bonds is 2. The molecule has 1 aromatic carbocycles. The normalized spacial score (nSPS) is 10.9. The summed E-state index contributed by atoms with van der Waals surface area (Å²) in [4.78, 5) is 4.21. The van der Waals surface area contributed by atoms with Gasteiger partial charge in [0.2, 0.25) is 0 Å². The Morgan fingerprint density at radius 2 is 1.80 bits per heavy atom. The van der Waals surface area contributed by atoms with E-state index >= 15 is 0 Å².